The summed E-state index contributed by atoms with van der Waals surface area (Å²) in [5, 5.41) is 57.6. The molecule has 0 radical (unpaired) electrons. The number of ether oxygens (including phenoxy) is 2. The molecule has 1 aromatic carbocycles. The lowest BCUT2D eigenvalue weighted by Gasteiger charge is -2.39. The van der Waals surface area contributed by atoms with Crippen molar-refractivity contribution in [3.8, 4) is 11.5 Å². The van der Waals surface area contributed by atoms with Crippen LogP contribution in [0.5, 0.6) is 11.5 Å². The highest BCUT2D eigenvalue weighted by Crippen LogP contribution is 2.28. The van der Waals surface area contributed by atoms with Gasteiger partial charge in [0.15, 0.2) is 11.7 Å². The summed E-state index contributed by atoms with van der Waals surface area (Å²) in [5.74, 6) is -0.732. The summed E-state index contributed by atoms with van der Waals surface area (Å²) in [6, 6.07) is 3.21. The lowest BCUT2D eigenvalue weighted by Crippen LogP contribution is -2.59. The van der Waals surface area contributed by atoms with Gasteiger partial charge >= 0.3 is 0 Å². The van der Waals surface area contributed by atoms with Crippen molar-refractivity contribution in [3.63, 3.8) is 0 Å². The summed E-state index contributed by atoms with van der Waals surface area (Å²) < 4.78 is 15.8. The van der Waals surface area contributed by atoms with Crippen LogP contribution in [0.2, 0.25) is 0 Å². The molecule has 0 amide bonds. The lowest BCUT2D eigenvalue weighted by atomic mass is 9.99. The first-order valence-electron chi connectivity index (χ1n) is 7.72. The quantitative estimate of drug-likeness (QED) is 0.373. The Morgan fingerprint density at radius 1 is 1.04 bits per heavy atom. The molecule has 1 saturated heterocycles. The molecule has 0 saturated carbocycles. The number of hydrogen-bond acceptors (Lipinski definition) is 10. The molecule has 10 heteroatoms. The number of hydrogen-bond donors (Lipinski definition) is 6. The minimum Gasteiger partial charge on any atom is -0.508 e. The average Bonchev–Trinajstić information content (AvgIpc) is 2.58. The van der Waals surface area contributed by atoms with Crippen LogP contribution in [-0.2, 0) is 16.1 Å². The number of phenols is 2. The van der Waals surface area contributed by atoms with Gasteiger partial charge in [0.1, 0.15) is 59.3 Å². The van der Waals surface area contributed by atoms with E-state index in [1.807, 2.05) is 0 Å². The maximum Gasteiger partial charge on any atom is 0.196 e. The monoisotopic (exact) mass is 370 g/mol. The summed E-state index contributed by atoms with van der Waals surface area (Å²) in [7, 11) is 0. The number of rotatable bonds is 4. The van der Waals surface area contributed by atoms with Crippen molar-refractivity contribution in [1.29, 1.82) is 0 Å². The van der Waals surface area contributed by atoms with Gasteiger partial charge in [-0.05, 0) is 0 Å². The normalized spacial score (nSPS) is 29.2. The van der Waals surface area contributed by atoms with Crippen molar-refractivity contribution in [2.75, 3.05) is 6.61 Å². The van der Waals surface area contributed by atoms with Crippen LogP contribution in [-0.4, -0.2) is 68.0 Å². The number of aliphatic hydroxyl groups is 4. The van der Waals surface area contributed by atoms with E-state index in [-0.39, 0.29) is 29.1 Å². The van der Waals surface area contributed by atoms with Crippen molar-refractivity contribution in [2.45, 2.75) is 37.3 Å². The van der Waals surface area contributed by atoms with Crippen LogP contribution in [0.3, 0.4) is 0 Å². The van der Waals surface area contributed by atoms with E-state index in [0.29, 0.717) is 0 Å². The average molecular weight is 370 g/mol. The molecular formula is C16H18O10. The van der Waals surface area contributed by atoms with Crippen LogP contribution in [0.25, 0.3) is 11.0 Å². The second kappa shape index (κ2) is 7.19. The van der Waals surface area contributed by atoms with Crippen LogP contribution >= 0.6 is 0 Å². The molecule has 0 bridgehead atoms. The fourth-order valence-corrected chi connectivity index (χ4v) is 2.74. The van der Waals surface area contributed by atoms with Gasteiger partial charge in [0.25, 0.3) is 0 Å². The highest BCUT2D eigenvalue weighted by molar-refractivity contribution is 5.84. The van der Waals surface area contributed by atoms with Crippen molar-refractivity contribution in [1.82, 2.24) is 0 Å². The van der Waals surface area contributed by atoms with E-state index in [4.69, 9.17) is 19.0 Å². The molecule has 3 rings (SSSR count). The standard InChI is InChI=1S/C16H18O10/c17-4-11-13(21)14(22)15(23)16(26-11)24-5-7-3-9(20)12-8(19)1-6(18)2-10(12)25-7/h1-3,11,13-19,21-23H,4-5H2/t11-,13-,14+,15-,16-/m1/s1. The van der Waals surface area contributed by atoms with Gasteiger partial charge in [0, 0.05) is 18.2 Å². The first-order valence-corrected chi connectivity index (χ1v) is 7.72. The molecule has 5 atom stereocenters. The molecule has 142 valence electrons. The predicted molar refractivity (Wildman–Crippen MR) is 84.4 cm³/mol. The molecule has 1 fully saturated rings. The summed E-state index contributed by atoms with van der Waals surface area (Å²) in [6.45, 7) is -0.960. The Kier molecular flexibility index (Phi) is 5.14. The van der Waals surface area contributed by atoms with Crippen molar-refractivity contribution in [2.24, 2.45) is 0 Å². The van der Waals surface area contributed by atoms with Gasteiger partial charge in [-0.1, -0.05) is 0 Å². The molecule has 0 aliphatic carbocycles. The van der Waals surface area contributed by atoms with Crippen molar-refractivity contribution < 1.29 is 44.5 Å². The summed E-state index contributed by atoms with van der Waals surface area (Å²) in [6.07, 6.45) is -7.21. The molecule has 2 heterocycles. The summed E-state index contributed by atoms with van der Waals surface area (Å²) in [5.41, 5.74) is -0.640. The number of fused-ring (bicyclic) bond motifs is 1. The molecule has 26 heavy (non-hydrogen) atoms. The maximum atomic E-state index is 12.1. The van der Waals surface area contributed by atoms with Gasteiger partial charge in [-0.3, -0.25) is 4.79 Å². The molecule has 0 unspecified atom stereocenters. The molecule has 0 spiro atoms. The zero-order valence-electron chi connectivity index (χ0n) is 13.3. The van der Waals surface area contributed by atoms with Crippen LogP contribution < -0.4 is 5.43 Å². The van der Waals surface area contributed by atoms with Crippen LogP contribution in [0.4, 0.5) is 0 Å². The molecule has 1 aliphatic heterocycles. The Balaban J connectivity index is 1.80. The highest BCUT2D eigenvalue weighted by Gasteiger charge is 2.44. The minimum atomic E-state index is -1.59. The third-order valence-corrected chi connectivity index (χ3v) is 4.08. The minimum absolute atomic E-state index is 0.00413. The van der Waals surface area contributed by atoms with E-state index in [0.717, 1.165) is 18.2 Å². The van der Waals surface area contributed by atoms with Crippen LogP contribution in [0, 0.1) is 0 Å². The van der Waals surface area contributed by atoms with E-state index >= 15 is 0 Å². The zero-order valence-corrected chi connectivity index (χ0v) is 13.3. The number of aromatic hydroxyl groups is 2. The van der Waals surface area contributed by atoms with E-state index in [1.165, 1.54) is 0 Å². The smallest absolute Gasteiger partial charge is 0.196 e. The molecule has 10 nitrogen and oxygen atoms in total. The SMILES string of the molecule is O=c1cc(CO[C@@H]2O[C@H](CO)[C@@H](O)[C@H](O)[C@H]2O)oc2cc(O)cc(O)c12. The third kappa shape index (κ3) is 3.38. The molecule has 2 aromatic rings. The first kappa shape index (κ1) is 18.6. The van der Waals surface area contributed by atoms with E-state index in [9.17, 15) is 30.3 Å². The van der Waals surface area contributed by atoms with Crippen LogP contribution in [0.15, 0.2) is 27.4 Å². The van der Waals surface area contributed by atoms with Crippen LogP contribution in [0.1, 0.15) is 5.76 Å². The topological polar surface area (TPSA) is 170 Å². The Morgan fingerprint density at radius 2 is 1.77 bits per heavy atom. The first-order chi connectivity index (χ1) is 12.3. The molecule has 1 aliphatic rings. The second-order valence-electron chi connectivity index (χ2n) is 5.92. The van der Waals surface area contributed by atoms with Gasteiger partial charge in [-0.25, -0.2) is 0 Å². The van der Waals surface area contributed by atoms with Gasteiger partial charge in [0.2, 0.25) is 0 Å². The van der Waals surface area contributed by atoms with Crippen molar-refractivity contribution in [3.05, 3.63) is 34.2 Å². The second-order valence-corrected chi connectivity index (χ2v) is 5.92. The van der Waals surface area contributed by atoms with E-state index in [1.54, 1.807) is 0 Å². The fraction of sp³-hybridized carbons (Fsp3) is 0.438. The molecular weight excluding hydrogens is 352 g/mol. The summed E-state index contributed by atoms with van der Waals surface area (Å²) in [4.78, 5) is 12.1. The largest absolute Gasteiger partial charge is 0.508 e. The van der Waals surface area contributed by atoms with E-state index in [2.05, 4.69) is 0 Å². The Morgan fingerprint density at radius 3 is 2.46 bits per heavy atom. The third-order valence-electron chi connectivity index (χ3n) is 4.08. The fourth-order valence-electron chi connectivity index (χ4n) is 2.74. The Bertz CT molecular complexity index is 845. The number of phenolic OH excluding ortho intramolecular Hbond substituents is 2. The molecule has 1 aromatic heterocycles. The van der Waals surface area contributed by atoms with Gasteiger partial charge in [-0.2, -0.15) is 0 Å². The van der Waals surface area contributed by atoms with Gasteiger partial charge in [-0.15, -0.1) is 0 Å². The Labute approximate surface area is 146 Å². The van der Waals surface area contributed by atoms with Gasteiger partial charge < -0.3 is 44.5 Å². The highest BCUT2D eigenvalue weighted by atomic mass is 16.7. The number of benzene rings is 1. The molecule has 6 N–H and O–H groups in total. The summed E-state index contributed by atoms with van der Waals surface area (Å²) >= 11 is 0. The zero-order chi connectivity index (χ0) is 19.0. The van der Waals surface area contributed by atoms with Crippen molar-refractivity contribution >= 4 is 11.0 Å². The van der Waals surface area contributed by atoms with Gasteiger partial charge in [0.05, 0.1) is 6.61 Å². The number of aliphatic hydroxyl groups excluding tert-OH is 4. The Hall–Kier alpha value is -2.21. The lowest BCUT2D eigenvalue weighted by molar-refractivity contribution is -0.304. The maximum absolute atomic E-state index is 12.1. The predicted octanol–water partition coefficient (Wildman–Crippen LogP) is -1.48. The van der Waals surface area contributed by atoms with E-state index < -0.39 is 48.5 Å².